The summed E-state index contributed by atoms with van der Waals surface area (Å²) in [7, 11) is 1.53. The van der Waals surface area contributed by atoms with Crippen molar-refractivity contribution in [2.75, 3.05) is 7.11 Å². The maximum absolute atomic E-state index is 9.77. The molecule has 4 nitrogen and oxygen atoms in total. The van der Waals surface area contributed by atoms with E-state index in [1.54, 1.807) is 18.3 Å². The van der Waals surface area contributed by atoms with Gasteiger partial charge >= 0.3 is 0 Å². The third-order valence-corrected chi connectivity index (χ3v) is 2.98. The molecule has 0 aromatic heterocycles. The summed E-state index contributed by atoms with van der Waals surface area (Å²) in [6.07, 6.45) is 6.52. The maximum Gasteiger partial charge on any atom is 0.160 e. The predicted octanol–water partition coefficient (Wildman–Crippen LogP) is 2.45. The van der Waals surface area contributed by atoms with Crippen molar-refractivity contribution >= 4 is 11.5 Å². The number of hydrogen-bond acceptors (Lipinski definition) is 4. The van der Waals surface area contributed by atoms with E-state index in [-0.39, 0.29) is 5.75 Å². The van der Waals surface area contributed by atoms with Gasteiger partial charge in [-0.2, -0.15) is 0 Å². The molecule has 2 heterocycles. The second kappa shape index (κ2) is 4.14. The number of dihydropyridines is 1. The molecule has 0 bridgehead atoms. The van der Waals surface area contributed by atoms with E-state index in [4.69, 9.17) is 4.74 Å². The number of methoxy groups -OCH3 is 1. The zero-order chi connectivity index (χ0) is 12.5. The lowest BCUT2D eigenvalue weighted by molar-refractivity contribution is 0.373. The Bertz CT molecular complexity index is 625. The number of fused-ring (bicyclic) bond motifs is 1. The van der Waals surface area contributed by atoms with Gasteiger partial charge in [0, 0.05) is 23.8 Å². The van der Waals surface area contributed by atoms with E-state index in [0.29, 0.717) is 5.75 Å². The molecule has 0 aliphatic carbocycles. The molecule has 1 N–H and O–H groups in total. The zero-order valence-corrected chi connectivity index (χ0v) is 9.92. The lowest BCUT2D eigenvalue weighted by Crippen LogP contribution is -2.10. The van der Waals surface area contributed by atoms with E-state index in [0.717, 1.165) is 29.1 Å². The van der Waals surface area contributed by atoms with Crippen LogP contribution in [0.15, 0.2) is 52.1 Å². The van der Waals surface area contributed by atoms with Gasteiger partial charge in [0.05, 0.1) is 12.8 Å². The summed E-state index contributed by atoms with van der Waals surface area (Å²) in [5, 5.41) is 9.77. The molecule has 4 heteroatoms. The maximum atomic E-state index is 9.77. The topological polar surface area (TPSA) is 54.2 Å². The van der Waals surface area contributed by atoms with Crippen LogP contribution in [0.5, 0.6) is 11.5 Å². The first-order valence-electron chi connectivity index (χ1n) is 5.68. The molecule has 3 rings (SSSR count). The summed E-state index contributed by atoms with van der Waals surface area (Å²) in [5.74, 6) is 1.33. The van der Waals surface area contributed by atoms with Crippen LogP contribution in [0.1, 0.15) is 12.0 Å². The number of rotatable bonds is 2. The Labute approximate surface area is 105 Å². The van der Waals surface area contributed by atoms with Crippen molar-refractivity contribution in [3.8, 4) is 11.5 Å². The molecule has 0 unspecified atom stereocenters. The van der Waals surface area contributed by atoms with E-state index in [1.165, 1.54) is 7.11 Å². The van der Waals surface area contributed by atoms with Gasteiger partial charge in [-0.3, -0.25) is 0 Å². The number of phenols is 1. The average molecular weight is 240 g/mol. The van der Waals surface area contributed by atoms with Crippen LogP contribution in [-0.4, -0.2) is 23.8 Å². The fraction of sp³-hybridized carbons (Fsp3) is 0.143. The molecule has 18 heavy (non-hydrogen) atoms. The Morgan fingerprint density at radius 3 is 3.00 bits per heavy atom. The zero-order valence-electron chi connectivity index (χ0n) is 9.92. The molecule has 0 fully saturated rings. The second-order valence-corrected chi connectivity index (χ2v) is 4.08. The molecule has 1 aromatic rings. The van der Waals surface area contributed by atoms with Crippen molar-refractivity contribution in [3.63, 3.8) is 0 Å². The molecular weight excluding hydrogens is 228 g/mol. The average Bonchev–Trinajstić information content (AvgIpc) is 2.85. The molecule has 2 aliphatic heterocycles. The van der Waals surface area contributed by atoms with Gasteiger partial charge in [-0.05, 0) is 24.3 Å². The van der Waals surface area contributed by atoms with Crippen LogP contribution in [0.2, 0.25) is 0 Å². The highest BCUT2D eigenvalue weighted by atomic mass is 16.5. The summed E-state index contributed by atoms with van der Waals surface area (Å²) in [6.45, 7) is 0. The molecule has 2 aliphatic rings. The molecule has 0 spiro atoms. The minimum atomic E-state index is 0.124. The summed E-state index contributed by atoms with van der Waals surface area (Å²) in [5.41, 5.74) is 2.86. The van der Waals surface area contributed by atoms with E-state index < -0.39 is 0 Å². The van der Waals surface area contributed by atoms with E-state index in [1.807, 2.05) is 12.1 Å². The highest BCUT2D eigenvalue weighted by molar-refractivity contribution is 6.17. The number of hydrogen-bond donors (Lipinski definition) is 1. The SMILES string of the molecule is COc1ccc(C2=NC3=NC=CC3=CC2)cc1O. The second-order valence-electron chi connectivity index (χ2n) is 4.08. The Morgan fingerprint density at radius 1 is 1.33 bits per heavy atom. The molecule has 0 saturated carbocycles. The normalized spacial score (nSPS) is 16.8. The molecule has 0 atom stereocenters. The van der Waals surface area contributed by atoms with Gasteiger partial charge in [-0.15, -0.1) is 0 Å². The summed E-state index contributed by atoms with van der Waals surface area (Å²) < 4.78 is 5.02. The standard InChI is InChI=1S/C14H12N2O2/c1-18-13-5-3-10(8-12(13)17)11-4-2-9-6-7-15-14(9)16-11/h2-3,5-8,17H,4H2,1H3. The van der Waals surface area contributed by atoms with Gasteiger partial charge in [0.2, 0.25) is 0 Å². The molecule has 1 aromatic carbocycles. The Kier molecular flexibility index (Phi) is 2.48. The minimum absolute atomic E-state index is 0.124. The van der Waals surface area contributed by atoms with Gasteiger partial charge in [-0.25, -0.2) is 9.98 Å². The quantitative estimate of drug-likeness (QED) is 0.863. The first-order valence-corrected chi connectivity index (χ1v) is 5.68. The Balaban J connectivity index is 1.95. The number of benzene rings is 1. The lowest BCUT2D eigenvalue weighted by atomic mass is 10.0. The lowest BCUT2D eigenvalue weighted by Gasteiger charge is -2.12. The fourth-order valence-electron chi connectivity index (χ4n) is 2.02. The summed E-state index contributed by atoms with van der Waals surface area (Å²) in [6, 6.07) is 5.29. The van der Waals surface area contributed by atoms with Crippen molar-refractivity contribution in [1.82, 2.24) is 0 Å². The number of aliphatic imine (C=N–C) groups is 2. The number of allylic oxidation sites excluding steroid dienone is 1. The first-order chi connectivity index (χ1) is 8.78. The highest BCUT2D eigenvalue weighted by Gasteiger charge is 2.16. The Hall–Kier alpha value is -2.36. The minimum Gasteiger partial charge on any atom is -0.504 e. The van der Waals surface area contributed by atoms with Gasteiger partial charge in [0.15, 0.2) is 17.3 Å². The predicted molar refractivity (Wildman–Crippen MR) is 70.5 cm³/mol. The van der Waals surface area contributed by atoms with Crippen LogP contribution in [0.25, 0.3) is 0 Å². The number of amidine groups is 1. The van der Waals surface area contributed by atoms with Crippen LogP contribution in [-0.2, 0) is 0 Å². The fourth-order valence-corrected chi connectivity index (χ4v) is 2.02. The van der Waals surface area contributed by atoms with E-state index in [2.05, 4.69) is 16.1 Å². The molecule has 0 saturated heterocycles. The van der Waals surface area contributed by atoms with E-state index >= 15 is 0 Å². The molecule has 0 radical (unpaired) electrons. The third-order valence-electron chi connectivity index (χ3n) is 2.98. The summed E-state index contributed by atoms with van der Waals surface area (Å²) in [4.78, 5) is 8.68. The van der Waals surface area contributed by atoms with Crippen LogP contribution >= 0.6 is 0 Å². The number of nitrogens with zero attached hydrogens (tertiary/aromatic N) is 2. The smallest absolute Gasteiger partial charge is 0.160 e. The number of phenolic OH excluding ortho intramolecular Hbond substituents is 1. The van der Waals surface area contributed by atoms with E-state index in [9.17, 15) is 5.11 Å². The largest absolute Gasteiger partial charge is 0.504 e. The summed E-state index contributed by atoms with van der Waals surface area (Å²) >= 11 is 0. The van der Waals surface area contributed by atoms with Crippen LogP contribution in [0.4, 0.5) is 0 Å². The van der Waals surface area contributed by atoms with Crippen molar-refractivity contribution in [3.05, 3.63) is 47.7 Å². The van der Waals surface area contributed by atoms with Crippen molar-refractivity contribution in [2.24, 2.45) is 9.98 Å². The molecular formula is C14H12N2O2. The van der Waals surface area contributed by atoms with Crippen molar-refractivity contribution < 1.29 is 9.84 Å². The van der Waals surface area contributed by atoms with Crippen LogP contribution < -0.4 is 4.74 Å². The van der Waals surface area contributed by atoms with Gasteiger partial charge in [-0.1, -0.05) is 6.08 Å². The number of ether oxygens (including phenoxy) is 1. The number of aromatic hydroxyl groups is 1. The van der Waals surface area contributed by atoms with Gasteiger partial charge in [0.1, 0.15) is 0 Å². The monoisotopic (exact) mass is 240 g/mol. The van der Waals surface area contributed by atoms with Crippen molar-refractivity contribution in [1.29, 1.82) is 0 Å². The Morgan fingerprint density at radius 2 is 2.22 bits per heavy atom. The van der Waals surface area contributed by atoms with Crippen molar-refractivity contribution in [2.45, 2.75) is 6.42 Å². The van der Waals surface area contributed by atoms with Crippen LogP contribution in [0.3, 0.4) is 0 Å². The molecule has 0 amide bonds. The molecule has 90 valence electrons. The van der Waals surface area contributed by atoms with Gasteiger partial charge in [0.25, 0.3) is 0 Å². The first kappa shape index (κ1) is 10.8. The third kappa shape index (κ3) is 1.72. The highest BCUT2D eigenvalue weighted by Crippen LogP contribution is 2.28. The van der Waals surface area contributed by atoms with Crippen LogP contribution in [0, 0.1) is 0 Å². The van der Waals surface area contributed by atoms with Gasteiger partial charge < -0.3 is 9.84 Å².